The number of nitrogens with zero attached hydrogens (tertiary/aromatic N) is 1. The minimum absolute atomic E-state index is 0.358. The van der Waals surface area contributed by atoms with Gasteiger partial charge >= 0.3 is 0 Å². The molecule has 0 saturated heterocycles. The highest BCUT2D eigenvalue weighted by molar-refractivity contribution is 7.85. The number of hydrogen-bond donors (Lipinski definition) is 1. The molecule has 2 N–H and O–H groups in total. The van der Waals surface area contributed by atoms with E-state index in [1.807, 2.05) is 13.8 Å². The molecule has 1 rings (SSSR count). The van der Waals surface area contributed by atoms with Gasteiger partial charge in [-0.25, -0.2) is 0 Å². The lowest BCUT2D eigenvalue weighted by molar-refractivity contribution is 0.447. The van der Waals surface area contributed by atoms with E-state index in [1.54, 1.807) is 18.2 Å². The number of halogens is 1. The molecule has 98 valence electrons. The minimum Gasteiger partial charge on any atom is -0.398 e. The van der Waals surface area contributed by atoms with E-state index >= 15 is 0 Å². The number of nitriles is 1. The summed E-state index contributed by atoms with van der Waals surface area (Å²) in [5.41, 5.74) is 5.73. The Bertz CT molecular complexity index is 494. The average molecular weight is 285 g/mol. The van der Waals surface area contributed by atoms with Crippen molar-refractivity contribution in [2.45, 2.75) is 31.6 Å². The zero-order chi connectivity index (χ0) is 13.8. The summed E-state index contributed by atoms with van der Waals surface area (Å²) < 4.78 is 12.0. The summed E-state index contributed by atoms with van der Waals surface area (Å²) in [6, 6.07) is 7.27. The predicted molar refractivity (Wildman–Crippen MR) is 75.8 cm³/mol. The molecule has 0 bridgehead atoms. The molecule has 0 fully saturated rings. The molecule has 0 aromatic heterocycles. The van der Waals surface area contributed by atoms with Crippen LogP contribution in [0.3, 0.4) is 0 Å². The van der Waals surface area contributed by atoms with Gasteiger partial charge in [-0.1, -0.05) is 11.6 Å². The van der Waals surface area contributed by atoms with Gasteiger partial charge in [0.1, 0.15) is 0 Å². The second kappa shape index (κ2) is 6.21. The predicted octanol–water partition coefficient (Wildman–Crippen LogP) is 3.36. The van der Waals surface area contributed by atoms with Crippen molar-refractivity contribution < 1.29 is 4.21 Å². The van der Waals surface area contributed by atoms with E-state index in [0.717, 1.165) is 12.8 Å². The van der Waals surface area contributed by atoms with Crippen molar-refractivity contribution >= 4 is 28.1 Å². The summed E-state index contributed by atoms with van der Waals surface area (Å²) in [6.07, 6.45) is 1.48. The summed E-state index contributed by atoms with van der Waals surface area (Å²) in [6.45, 7) is 3.77. The van der Waals surface area contributed by atoms with E-state index in [9.17, 15) is 4.21 Å². The standard InChI is InChI=1S/C13H17ClN2OS/c1-13(2,9-15)6-3-7-18(17)10-4-5-12(16)11(14)8-10/h4-5,8H,3,6-7,16H2,1-2H3. The molecular weight excluding hydrogens is 268 g/mol. The van der Waals surface area contributed by atoms with E-state index in [2.05, 4.69) is 6.07 Å². The maximum absolute atomic E-state index is 12.0. The molecule has 0 aliphatic carbocycles. The minimum atomic E-state index is -1.09. The van der Waals surface area contributed by atoms with Crippen LogP contribution < -0.4 is 5.73 Å². The maximum Gasteiger partial charge on any atom is 0.0683 e. The van der Waals surface area contributed by atoms with Gasteiger partial charge in [0.25, 0.3) is 0 Å². The van der Waals surface area contributed by atoms with E-state index in [-0.39, 0.29) is 5.41 Å². The molecule has 1 aromatic carbocycles. The molecule has 0 spiro atoms. The van der Waals surface area contributed by atoms with E-state index < -0.39 is 10.8 Å². The van der Waals surface area contributed by atoms with E-state index in [0.29, 0.717) is 21.4 Å². The lowest BCUT2D eigenvalue weighted by atomic mass is 9.90. The Morgan fingerprint density at radius 3 is 2.72 bits per heavy atom. The second-order valence-electron chi connectivity index (χ2n) is 4.83. The van der Waals surface area contributed by atoms with E-state index in [1.165, 1.54) is 0 Å². The third-order valence-corrected chi connectivity index (χ3v) is 4.44. The lowest BCUT2D eigenvalue weighted by Gasteiger charge is -2.14. The van der Waals surface area contributed by atoms with Gasteiger partial charge in [-0.15, -0.1) is 0 Å². The van der Waals surface area contributed by atoms with Crippen molar-refractivity contribution in [1.82, 2.24) is 0 Å². The van der Waals surface area contributed by atoms with Gasteiger partial charge < -0.3 is 5.73 Å². The van der Waals surface area contributed by atoms with Crippen LogP contribution in [0, 0.1) is 16.7 Å². The Kier molecular flexibility index (Phi) is 5.18. The first-order valence-electron chi connectivity index (χ1n) is 5.70. The molecular formula is C13H17ClN2OS. The summed E-state index contributed by atoms with van der Waals surface area (Å²) in [5.74, 6) is 0.533. The van der Waals surface area contributed by atoms with Crippen LogP contribution in [0.2, 0.25) is 5.02 Å². The zero-order valence-corrected chi connectivity index (χ0v) is 12.1. The fraction of sp³-hybridized carbons (Fsp3) is 0.462. The van der Waals surface area contributed by atoms with Crippen molar-refractivity contribution in [1.29, 1.82) is 5.26 Å². The molecule has 1 aromatic rings. The van der Waals surface area contributed by atoms with Gasteiger partial charge in [-0.05, 0) is 44.9 Å². The normalized spacial score (nSPS) is 13.0. The molecule has 0 saturated carbocycles. The Morgan fingerprint density at radius 1 is 1.50 bits per heavy atom. The highest BCUT2D eigenvalue weighted by Crippen LogP contribution is 2.24. The van der Waals surface area contributed by atoms with Crippen LogP contribution in [0.15, 0.2) is 23.1 Å². The molecule has 0 aliphatic heterocycles. The van der Waals surface area contributed by atoms with Gasteiger partial charge in [0.15, 0.2) is 0 Å². The van der Waals surface area contributed by atoms with Crippen molar-refractivity contribution in [3.8, 4) is 6.07 Å². The quantitative estimate of drug-likeness (QED) is 0.843. The molecule has 5 heteroatoms. The molecule has 0 aliphatic rings. The molecule has 18 heavy (non-hydrogen) atoms. The topological polar surface area (TPSA) is 66.9 Å². The van der Waals surface area contributed by atoms with Crippen LogP contribution in [-0.2, 0) is 10.8 Å². The van der Waals surface area contributed by atoms with Gasteiger partial charge in [0.05, 0.1) is 33.0 Å². The number of hydrogen-bond acceptors (Lipinski definition) is 3. The number of nitrogen functional groups attached to an aromatic ring is 1. The fourth-order valence-electron chi connectivity index (χ4n) is 1.47. The number of anilines is 1. The largest absolute Gasteiger partial charge is 0.398 e. The van der Waals surface area contributed by atoms with Gasteiger partial charge in [-0.3, -0.25) is 4.21 Å². The summed E-state index contributed by atoms with van der Waals surface area (Å²) in [5, 5.41) is 9.31. The van der Waals surface area contributed by atoms with Crippen LogP contribution in [-0.4, -0.2) is 9.96 Å². The highest BCUT2D eigenvalue weighted by atomic mass is 35.5. The summed E-state index contributed by atoms with van der Waals surface area (Å²) >= 11 is 5.88. The number of benzene rings is 1. The van der Waals surface area contributed by atoms with Gasteiger partial charge in [-0.2, -0.15) is 5.26 Å². The fourth-order valence-corrected chi connectivity index (χ4v) is 2.83. The smallest absolute Gasteiger partial charge is 0.0683 e. The monoisotopic (exact) mass is 284 g/mol. The highest BCUT2D eigenvalue weighted by Gasteiger charge is 2.16. The lowest BCUT2D eigenvalue weighted by Crippen LogP contribution is -2.10. The first-order valence-corrected chi connectivity index (χ1v) is 7.40. The first kappa shape index (κ1) is 15.0. The van der Waals surface area contributed by atoms with Crippen LogP contribution in [0.5, 0.6) is 0 Å². The Balaban J connectivity index is 2.56. The van der Waals surface area contributed by atoms with Gasteiger partial charge in [0, 0.05) is 10.6 Å². The molecule has 0 amide bonds. The van der Waals surface area contributed by atoms with Crippen molar-refractivity contribution in [2.24, 2.45) is 5.41 Å². The molecule has 0 radical (unpaired) electrons. The third kappa shape index (κ3) is 4.32. The SMILES string of the molecule is CC(C)(C#N)CCCS(=O)c1ccc(N)c(Cl)c1. The molecule has 1 atom stereocenters. The van der Waals surface area contributed by atoms with Gasteiger partial charge in [0.2, 0.25) is 0 Å². The van der Waals surface area contributed by atoms with Crippen molar-refractivity contribution in [2.75, 3.05) is 11.5 Å². The third-order valence-electron chi connectivity index (χ3n) is 2.67. The Labute approximate surface area is 115 Å². The summed E-state index contributed by atoms with van der Waals surface area (Å²) in [7, 11) is -1.09. The number of rotatable bonds is 5. The van der Waals surface area contributed by atoms with Crippen LogP contribution in [0.25, 0.3) is 0 Å². The van der Waals surface area contributed by atoms with Crippen LogP contribution in [0.1, 0.15) is 26.7 Å². The molecule has 3 nitrogen and oxygen atoms in total. The Morgan fingerprint density at radius 2 is 2.17 bits per heavy atom. The Hall–Kier alpha value is -1.05. The van der Waals surface area contributed by atoms with E-state index in [4.69, 9.17) is 22.6 Å². The second-order valence-corrected chi connectivity index (χ2v) is 6.81. The van der Waals surface area contributed by atoms with Crippen molar-refractivity contribution in [3.63, 3.8) is 0 Å². The summed E-state index contributed by atoms with van der Waals surface area (Å²) in [4.78, 5) is 0.684. The number of nitrogens with two attached hydrogens (primary N) is 1. The van der Waals surface area contributed by atoms with Crippen LogP contribution in [0.4, 0.5) is 5.69 Å². The zero-order valence-electron chi connectivity index (χ0n) is 10.6. The van der Waals surface area contributed by atoms with Crippen molar-refractivity contribution in [3.05, 3.63) is 23.2 Å². The molecule has 0 heterocycles. The first-order chi connectivity index (χ1) is 8.35. The molecule has 1 unspecified atom stereocenters. The van der Waals surface area contributed by atoms with Crippen LogP contribution >= 0.6 is 11.6 Å². The average Bonchev–Trinajstić information content (AvgIpc) is 2.32. The maximum atomic E-state index is 12.0.